The number of para-hydroxylation sites is 2. The fourth-order valence-corrected chi connectivity index (χ4v) is 4.28. The zero-order chi connectivity index (χ0) is 22.1. The Labute approximate surface area is 187 Å². The molecule has 1 N–H and O–H groups in total. The molecule has 1 atom stereocenters. The summed E-state index contributed by atoms with van der Waals surface area (Å²) in [6.45, 7) is 9.70. The van der Waals surface area contributed by atoms with Crippen LogP contribution in [0.15, 0.2) is 48.5 Å². The molecule has 1 unspecified atom stereocenters. The Kier molecular flexibility index (Phi) is 5.57. The molecule has 0 spiro atoms. The molecule has 1 amide bonds. The maximum Gasteiger partial charge on any atom is 0.269 e. The third kappa shape index (κ3) is 4.08. The van der Waals surface area contributed by atoms with Crippen molar-refractivity contribution in [1.82, 2.24) is 9.88 Å². The van der Waals surface area contributed by atoms with Crippen LogP contribution in [0, 0.1) is 6.92 Å². The van der Waals surface area contributed by atoms with E-state index in [-0.39, 0.29) is 12.5 Å². The van der Waals surface area contributed by atoms with Crippen LogP contribution in [0.2, 0.25) is 0 Å². The number of amides is 1. The number of hydrogen-bond donors (Lipinski definition) is 1. The summed E-state index contributed by atoms with van der Waals surface area (Å²) in [5, 5.41) is 4.00. The molecule has 166 valence electrons. The Morgan fingerprint density at radius 3 is 2.66 bits per heavy atom. The van der Waals surface area contributed by atoms with Crippen molar-refractivity contribution in [2.24, 2.45) is 0 Å². The fraction of sp³-hybridized carbons (Fsp3) is 0.360. The van der Waals surface area contributed by atoms with E-state index < -0.39 is 6.10 Å². The Morgan fingerprint density at radius 1 is 1.09 bits per heavy atom. The summed E-state index contributed by atoms with van der Waals surface area (Å²) in [5.74, 6) is 2.05. The lowest BCUT2D eigenvalue weighted by molar-refractivity contribution is -0.125. The molecule has 0 aliphatic carbocycles. The summed E-state index contributed by atoms with van der Waals surface area (Å²) in [5.41, 5.74) is 2.80. The first-order valence-electron chi connectivity index (χ1n) is 11.2. The average molecular weight is 433 g/mol. The number of nitrogens with one attached hydrogen (secondary N) is 1. The summed E-state index contributed by atoms with van der Waals surface area (Å²) < 4.78 is 11.5. The molecule has 1 saturated heterocycles. The van der Waals surface area contributed by atoms with E-state index in [2.05, 4.69) is 35.0 Å². The maximum atomic E-state index is 12.8. The summed E-state index contributed by atoms with van der Waals surface area (Å²) in [6, 6.07) is 15.4. The molecule has 2 aliphatic rings. The van der Waals surface area contributed by atoms with Gasteiger partial charge in [-0.3, -0.25) is 4.79 Å². The molecule has 0 bridgehead atoms. The number of likely N-dealkylation sites (N-methyl/N-ethyl adjacent to an activating group) is 1. The zero-order valence-electron chi connectivity index (χ0n) is 18.5. The van der Waals surface area contributed by atoms with Crippen molar-refractivity contribution in [2.45, 2.75) is 20.0 Å². The van der Waals surface area contributed by atoms with Gasteiger partial charge in [-0.25, -0.2) is 4.98 Å². The van der Waals surface area contributed by atoms with Crippen LogP contribution in [-0.4, -0.2) is 61.2 Å². The van der Waals surface area contributed by atoms with Crippen molar-refractivity contribution in [3.8, 4) is 11.5 Å². The van der Waals surface area contributed by atoms with Crippen molar-refractivity contribution in [2.75, 3.05) is 49.5 Å². The van der Waals surface area contributed by atoms with Crippen LogP contribution in [0.1, 0.15) is 12.5 Å². The molecule has 0 radical (unpaired) electrons. The third-order valence-electron chi connectivity index (χ3n) is 6.21. The van der Waals surface area contributed by atoms with Crippen LogP contribution in [0.4, 0.5) is 11.5 Å². The topological polar surface area (TPSA) is 66.9 Å². The Bertz CT molecular complexity index is 1140. The van der Waals surface area contributed by atoms with Crippen LogP contribution in [-0.2, 0) is 4.79 Å². The first-order chi connectivity index (χ1) is 15.6. The number of aryl methyl sites for hydroxylation is 1. The van der Waals surface area contributed by atoms with E-state index in [0.717, 1.165) is 60.7 Å². The lowest BCUT2D eigenvalue weighted by atomic mass is 10.1. The second-order valence-electron chi connectivity index (χ2n) is 8.30. The molecule has 3 aromatic rings. The van der Waals surface area contributed by atoms with E-state index in [1.807, 2.05) is 36.4 Å². The smallest absolute Gasteiger partial charge is 0.269 e. The highest BCUT2D eigenvalue weighted by Crippen LogP contribution is 2.31. The number of pyridine rings is 1. The van der Waals surface area contributed by atoms with Gasteiger partial charge in [0.05, 0.1) is 5.52 Å². The van der Waals surface area contributed by atoms with Gasteiger partial charge in [0, 0.05) is 37.3 Å². The van der Waals surface area contributed by atoms with Gasteiger partial charge >= 0.3 is 0 Å². The highest BCUT2D eigenvalue weighted by molar-refractivity contribution is 5.97. The first kappa shape index (κ1) is 20.6. The predicted molar refractivity (Wildman–Crippen MR) is 126 cm³/mol. The van der Waals surface area contributed by atoms with Gasteiger partial charge in [0.15, 0.2) is 11.5 Å². The molecular formula is C25H28N4O3. The number of hydrogen-bond acceptors (Lipinski definition) is 6. The molecule has 7 nitrogen and oxygen atoms in total. The van der Waals surface area contributed by atoms with Gasteiger partial charge < -0.3 is 24.6 Å². The number of carbonyl (C=O) groups is 1. The number of carbonyl (C=O) groups excluding carboxylic acids is 1. The third-order valence-corrected chi connectivity index (χ3v) is 6.21. The second kappa shape index (κ2) is 8.67. The summed E-state index contributed by atoms with van der Waals surface area (Å²) in [6.07, 6.45) is -0.691. The van der Waals surface area contributed by atoms with Crippen molar-refractivity contribution in [3.05, 3.63) is 54.1 Å². The first-order valence-corrected chi connectivity index (χ1v) is 11.2. The number of fused-ring (bicyclic) bond motifs is 2. The van der Waals surface area contributed by atoms with E-state index in [4.69, 9.17) is 14.5 Å². The van der Waals surface area contributed by atoms with Gasteiger partial charge in [-0.2, -0.15) is 0 Å². The number of aromatic nitrogens is 1. The van der Waals surface area contributed by atoms with Gasteiger partial charge in [-0.15, -0.1) is 0 Å². The van der Waals surface area contributed by atoms with Crippen LogP contribution in [0.25, 0.3) is 10.9 Å². The van der Waals surface area contributed by atoms with Gasteiger partial charge in [0.25, 0.3) is 5.91 Å². The lowest BCUT2D eigenvalue weighted by Crippen LogP contribution is -2.46. The van der Waals surface area contributed by atoms with E-state index in [9.17, 15) is 4.79 Å². The number of nitrogens with zero attached hydrogens (tertiary/aromatic N) is 3. The average Bonchev–Trinajstić information content (AvgIpc) is 2.84. The molecule has 1 aromatic heterocycles. The zero-order valence-corrected chi connectivity index (χ0v) is 18.5. The SMILES string of the molecule is CCN1CCN(c2cc(C)c3cc(NC(=O)C4COc5ccccc5O4)ccc3n2)CC1. The number of piperazine rings is 1. The quantitative estimate of drug-likeness (QED) is 0.681. The Morgan fingerprint density at radius 2 is 1.88 bits per heavy atom. The van der Waals surface area contributed by atoms with Crippen molar-refractivity contribution in [1.29, 1.82) is 0 Å². The minimum atomic E-state index is -0.691. The van der Waals surface area contributed by atoms with Crippen molar-refractivity contribution >= 4 is 28.3 Å². The summed E-state index contributed by atoms with van der Waals surface area (Å²) in [7, 11) is 0. The fourth-order valence-electron chi connectivity index (χ4n) is 4.28. The van der Waals surface area contributed by atoms with Crippen LogP contribution >= 0.6 is 0 Å². The molecule has 1 fully saturated rings. The highest BCUT2D eigenvalue weighted by Gasteiger charge is 2.27. The largest absolute Gasteiger partial charge is 0.485 e. The van der Waals surface area contributed by atoms with E-state index in [0.29, 0.717) is 11.5 Å². The van der Waals surface area contributed by atoms with Crippen molar-refractivity contribution in [3.63, 3.8) is 0 Å². The van der Waals surface area contributed by atoms with Crippen LogP contribution in [0.5, 0.6) is 11.5 Å². The number of ether oxygens (including phenoxy) is 2. The number of rotatable bonds is 4. The van der Waals surface area contributed by atoms with E-state index in [1.165, 1.54) is 0 Å². The Balaban J connectivity index is 1.31. The predicted octanol–water partition coefficient (Wildman–Crippen LogP) is 3.46. The molecule has 5 rings (SSSR count). The monoisotopic (exact) mass is 432 g/mol. The lowest BCUT2D eigenvalue weighted by Gasteiger charge is -2.35. The maximum absolute atomic E-state index is 12.8. The second-order valence-corrected chi connectivity index (χ2v) is 8.30. The van der Waals surface area contributed by atoms with Crippen LogP contribution < -0.4 is 19.7 Å². The minimum absolute atomic E-state index is 0.186. The number of anilines is 2. The standard InChI is InChI=1S/C25H28N4O3/c1-3-28-10-12-29(13-11-28)24-14-17(2)19-15-18(8-9-20(19)27-24)26-25(30)23-16-31-21-6-4-5-7-22(21)32-23/h4-9,14-15,23H,3,10-13,16H2,1-2H3,(H,26,30). The van der Waals surface area contributed by atoms with E-state index in [1.54, 1.807) is 6.07 Å². The summed E-state index contributed by atoms with van der Waals surface area (Å²) in [4.78, 5) is 22.5. The molecule has 2 aromatic carbocycles. The Hall–Kier alpha value is -3.32. The number of benzene rings is 2. The normalized spacial score (nSPS) is 18.6. The van der Waals surface area contributed by atoms with Gasteiger partial charge in [-0.05, 0) is 55.4 Å². The molecule has 2 aliphatic heterocycles. The van der Waals surface area contributed by atoms with Gasteiger partial charge in [0.1, 0.15) is 12.4 Å². The molecular weight excluding hydrogens is 404 g/mol. The minimum Gasteiger partial charge on any atom is -0.485 e. The molecule has 32 heavy (non-hydrogen) atoms. The molecule has 3 heterocycles. The highest BCUT2D eigenvalue weighted by atomic mass is 16.6. The van der Waals surface area contributed by atoms with E-state index >= 15 is 0 Å². The summed E-state index contributed by atoms with van der Waals surface area (Å²) >= 11 is 0. The van der Waals surface area contributed by atoms with Gasteiger partial charge in [-0.1, -0.05) is 19.1 Å². The van der Waals surface area contributed by atoms with Gasteiger partial charge in [0.2, 0.25) is 6.10 Å². The van der Waals surface area contributed by atoms with Crippen LogP contribution in [0.3, 0.4) is 0 Å². The molecule has 0 saturated carbocycles. The van der Waals surface area contributed by atoms with Crippen molar-refractivity contribution < 1.29 is 14.3 Å². The molecule has 7 heteroatoms.